The smallest absolute Gasteiger partial charge is 0.326 e. The van der Waals surface area contributed by atoms with Gasteiger partial charge in [-0.3, -0.25) is 0 Å². The second-order valence-corrected chi connectivity index (χ2v) is 20.3. The van der Waals surface area contributed by atoms with Gasteiger partial charge in [0.05, 0.1) is 5.30 Å². The first-order chi connectivity index (χ1) is 25.0. The zero-order valence-electron chi connectivity index (χ0n) is 32.7. The largest absolute Gasteiger partial charge is 1.00 e. The van der Waals surface area contributed by atoms with Crippen molar-refractivity contribution in [3.63, 3.8) is 0 Å². The maximum atomic E-state index is 10.7. The molecule has 1 aliphatic heterocycles. The molecular weight excluding hydrogens is 810 g/mol. The molecule has 0 unspecified atom stereocenters. The van der Waals surface area contributed by atoms with Crippen LogP contribution in [0.25, 0.3) is 0 Å². The third kappa shape index (κ3) is 5.68. The molecule has 5 aliphatic rings. The minimum absolute atomic E-state index is 0. The van der Waals surface area contributed by atoms with E-state index in [0.29, 0.717) is 11.5 Å². The average molecular weight is 866 g/mol. The predicted molar refractivity (Wildman–Crippen MR) is 222 cm³/mol. The Bertz CT molecular complexity index is 2160. The summed E-state index contributed by atoms with van der Waals surface area (Å²) in [6.07, 6.45) is 4.02. The van der Waals surface area contributed by atoms with Crippen LogP contribution in [0.4, 0.5) is 0 Å². The summed E-state index contributed by atoms with van der Waals surface area (Å²) in [4.78, 5) is 0. The summed E-state index contributed by atoms with van der Waals surface area (Å²) in [5.74, 6) is 2.73. The second kappa shape index (κ2) is 13.0. The molecule has 1 heterocycles. The van der Waals surface area contributed by atoms with E-state index in [2.05, 4.69) is 128 Å². The normalized spacial score (nSPS) is 21.0. The number of hydrogen-bond donors (Lipinski definition) is 2. The Morgan fingerprint density at radius 1 is 0.436 bits per heavy atom. The van der Waals surface area contributed by atoms with Crippen LogP contribution in [-0.4, -0.2) is 10.2 Å². The van der Waals surface area contributed by atoms with E-state index >= 15 is 0 Å². The Morgan fingerprint density at radius 3 is 1.15 bits per heavy atom. The molecule has 10 rings (SSSR count). The van der Waals surface area contributed by atoms with Crippen molar-refractivity contribution in [2.45, 2.75) is 121 Å². The molecule has 0 aromatic heterocycles. The molecule has 2 N–H and O–H groups in total. The summed E-state index contributed by atoms with van der Waals surface area (Å²) in [6, 6.07) is 35.3. The van der Waals surface area contributed by atoms with Gasteiger partial charge in [0, 0.05) is 33.1 Å². The van der Waals surface area contributed by atoms with E-state index in [1.54, 1.807) is 12.1 Å². The number of halogens is 1. The maximum absolute atomic E-state index is 10.7. The van der Waals surface area contributed by atoms with Gasteiger partial charge in [-0.15, -0.1) is 0 Å². The molecule has 6 heteroatoms. The lowest BCUT2D eigenvalue weighted by molar-refractivity contribution is -0.0000165. The number of phenolic OH excluding ortho intramolecular Hbond substituents is 2. The van der Waals surface area contributed by atoms with E-state index in [4.69, 9.17) is 9.05 Å². The summed E-state index contributed by atoms with van der Waals surface area (Å²) in [5.41, 5.74) is 9.96. The third-order valence-electron chi connectivity index (χ3n) is 13.3. The first-order valence-electron chi connectivity index (χ1n) is 19.2. The van der Waals surface area contributed by atoms with E-state index in [9.17, 15) is 10.2 Å². The van der Waals surface area contributed by atoms with Crippen molar-refractivity contribution >= 4 is 13.7 Å². The standard InChI is InChI=1S/C27H27O2P.C21H24O2.CH4.HI/c1-25(2)16-27-17-26(3,4)20-13-9-15-22(24(20)27)29-30(18-10-6-5-7-11-18)28-21-14-8-12-19(25)23(21)27;1-19(2)11-21(17-13(19)7-5-9-15(17)22)12-20(3,4)14-8-6-10-16(23)18(14)21;;/h5-15H,16-17H2,1-4H3;5-10,22-23H,11-12H2,1-4H3;1H4;1H/p-1. The van der Waals surface area contributed by atoms with Crippen molar-refractivity contribution in [3.8, 4) is 23.0 Å². The fourth-order valence-corrected chi connectivity index (χ4v) is 13.2. The van der Waals surface area contributed by atoms with E-state index in [-0.39, 0.29) is 63.9 Å². The first-order valence-corrected chi connectivity index (χ1v) is 20.3. The molecule has 0 radical (unpaired) electrons. The summed E-state index contributed by atoms with van der Waals surface area (Å²) < 4.78 is 13.5. The van der Waals surface area contributed by atoms with Crippen LogP contribution in [0.3, 0.4) is 0 Å². The Hall–Kier alpha value is -3.54. The lowest BCUT2D eigenvalue weighted by Gasteiger charge is -2.35. The molecule has 0 saturated carbocycles. The van der Waals surface area contributed by atoms with Crippen molar-refractivity contribution < 1.29 is 43.2 Å². The summed E-state index contributed by atoms with van der Waals surface area (Å²) in [6.45, 7) is 18.5. The van der Waals surface area contributed by atoms with Crippen LogP contribution < -0.4 is 38.3 Å². The highest BCUT2D eigenvalue weighted by Gasteiger charge is 2.60. The molecule has 2 spiro atoms. The number of aromatic hydroxyl groups is 2. The highest BCUT2D eigenvalue weighted by Crippen LogP contribution is 2.69. The maximum Gasteiger partial charge on any atom is 0.326 e. The Kier molecular flexibility index (Phi) is 9.38. The molecule has 0 atom stereocenters. The van der Waals surface area contributed by atoms with Gasteiger partial charge in [-0.25, -0.2) is 0 Å². The lowest BCUT2D eigenvalue weighted by atomic mass is 9.72. The molecule has 5 aromatic rings. The number of benzene rings is 5. The number of phenols is 2. The summed E-state index contributed by atoms with van der Waals surface area (Å²) in [5, 5.41) is 22.5. The van der Waals surface area contributed by atoms with E-state index in [1.807, 2.05) is 18.2 Å². The van der Waals surface area contributed by atoms with Gasteiger partial charge in [-0.1, -0.05) is 130 Å². The van der Waals surface area contributed by atoms with Crippen molar-refractivity contribution in [1.29, 1.82) is 0 Å². The van der Waals surface area contributed by atoms with E-state index < -0.39 is 8.38 Å². The third-order valence-corrected chi connectivity index (χ3v) is 14.7. The van der Waals surface area contributed by atoms with Gasteiger partial charge in [0.2, 0.25) is 0 Å². The quantitative estimate of drug-likeness (QED) is 0.131. The first kappa shape index (κ1) is 39.7. The van der Waals surface area contributed by atoms with Crippen LogP contribution in [-0.2, 0) is 32.5 Å². The highest BCUT2D eigenvalue weighted by molar-refractivity contribution is 7.56. The summed E-state index contributed by atoms with van der Waals surface area (Å²) >= 11 is 0. The number of fused-ring (bicyclic) bond motifs is 4. The second-order valence-electron chi connectivity index (χ2n) is 18.9. The summed E-state index contributed by atoms with van der Waals surface area (Å²) in [7, 11) is -1.26. The average Bonchev–Trinajstić information content (AvgIpc) is 3.66. The molecule has 0 saturated heterocycles. The van der Waals surface area contributed by atoms with Crippen molar-refractivity contribution in [2.24, 2.45) is 0 Å². The lowest BCUT2D eigenvalue weighted by Crippen LogP contribution is -3.00. The van der Waals surface area contributed by atoms with Crippen molar-refractivity contribution in [3.05, 3.63) is 148 Å². The Labute approximate surface area is 346 Å². The molecule has 288 valence electrons. The van der Waals surface area contributed by atoms with Gasteiger partial charge < -0.3 is 43.2 Å². The SMILES string of the molecule is C.CC1(C)CC2(CC(C)(C)c3cccc(O)c32)c2c(O)cccc21.CC1(C)CC23CC(C)(C)c4cccc(c42)OP(c2ccccc2)Oc2cccc1c23.[I-]. The Morgan fingerprint density at radius 2 is 0.764 bits per heavy atom. The topological polar surface area (TPSA) is 58.9 Å². The van der Waals surface area contributed by atoms with Gasteiger partial charge in [0.15, 0.2) is 0 Å². The van der Waals surface area contributed by atoms with Gasteiger partial charge >= 0.3 is 8.38 Å². The molecule has 4 nitrogen and oxygen atoms in total. The minimum atomic E-state index is -1.26. The van der Waals surface area contributed by atoms with Gasteiger partial charge in [-0.2, -0.15) is 0 Å². The highest BCUT2D eigenvalue weighted by atomic mass is 127. The fraction of sp³-hybridized carbons (Fsp3) is 0.388. The molecule has 0 fully saturated rings. The Balaban J connectivity index is 0.000000169. The fourth-order valence-electron chi connectivity index (χ4n) is 11.9. The van der Waals surface area contributed by atoms with Crippen LogP contribution in [0, 0.1) is 0 Å². The zero-order chi connectivity index (χ0) is 37.3. The molecule has 5 aromatic carbocycles. The molecular formula is C49H55IO4P-. The van der Waals surface area contributed by atoms with E-state index in [0.717, 1.165) is 53.6 Å². The van der Waals surface area contributed by atoms with Crippen LogP contribution >= 0.6 is 8.38 Å². The molecule has 0 bridgehead atoms. The minimum Gasteiger partial charge on any atom is -1.00 e. The van der Waals surface area contributed by atoms with Crippen LogP contribution in [0.15, 0.2) is 103 Å². The number of rotatable bonds is 1. The zero-order valence-corrected chi connectivity index (χ0v) is 35.7. The van der Waals surface area contributed by atoms with Gasteiger partial charge in [0.1, 0.15) is 23.0 Å². The molecule has 55 heavy (non-hydrogen) atoms. The van der Waals surface area contributed by atoms with Gasteiger partial charge in [0.25, 0.3) is 0 Å². The van der Waals surface area contributed by atoms with Crippen LogP contribution in [0.2, 0.25) is 0 Å². The van der Waals surface area contributed by atoms with Crippen LogP contribution in [0.5, 0.6) is 23.0 Å². The number of hydrogen-bond acceptors (Lipinski definition) is 4. The van der Waals surface area contributed by atoms with Crippen molar-refractivity contribution in [1.82, 2.24) is 0 Å². The molecule has 0 amide bonds. The van der Waals surface area contributed by atoms with Gasteiger partial charge in [-0.05, 0) is 106 Å². The predicted octanol–water partition coefficient (Wildman–Crippen LogP) is 9.13. The van der Waals surface area contributed by atoms with Crippen molar-refractivity contribution in [2.75, 3.05) is 0 Å². The van der Waals surface area contributed by atoms with E-state index in [1.165, 1.54) is 33.4 Å². The van der Waals surface area contributed by atoms with Crippen LogP contribution in [0.1, 0.15) is 133 Å². The molecule has 4 aliphatic carbocycles. The monoisotopic (exact) mass is 865 g/mol.